The number of aryl methyl sites for hydroxylation is 1. The van der Waals surface area contributed by atoms with E-state index in [1.54, 1.807) is 39.0 Å². The van der Waals surface area contributed by atoms with E-state index in [0.717, 1.165) is 5.56 Å². The van der Waals surface area contributed by atoms with Crippen LogP contribution >= 0.6 is 0 Å². The van der Waals surface area contributed by atoms with Gasteiger partial charge in [-0.2, -0.15) is 0 Å². The summed E-state index contributed by atoms with van der Waals surface area (Å²) >= 11 is 0. The van der Waals surface area contributed by atoms with E-state index in [9.17, 15) is 19.5 Å². The molecule has 1 aromatic rings. The lowest BCUT2D eigenvalue weighted by atomic mass is 10.0. The zero-order valence-electron chi connectivity index (χ0n) is 15.7. The maximum Gasteiger partial charge on any atom is 0.407 e. The van der Waals surface area contributed by atoms with E-state index >= 15 is 0 Å². The van der Waals surface area contributed by atoms with Crippen molar-refractivity contribution in [1.82, 2.24) is 10.6 Å². The highest BCUT2D eigenvalue weighted by Crippen LogP contribution is 2.13. The lowest BCUT2D eigenvalue weighted by Gasteiger charge is -2.20. The first-order chi connectivity index (χ1) is 12.1. The Bertz CT molecular complexity index is 666. The quantitative estimate of drug-likeness (QED) is 0.654. The van der Waals surface area contributed by atoms with Gasteiger partial charge in [0.05, 0.1) is 13.7 Å². The topological polar surface area (TPSA) is 114 Å². The number of benzene rings is 1. The van der Waals surface area contributed by atoms with Gasteiger partial charge in [0.1, 0.15) is 5.60 Å². The minimum absolute atomic E-state index is 0.0708. The molecule has 1 aromatic carbocycles. The van der Waals surface area contributed by atoms with Crippen molar-refractivity contribution in [3.8, 4) is 0 Å². The van der Waals surface area contributed by atoms with E-state index in [1.165, 1.54) is 7.11 Å². The molecule has 1 atom stereocenters. The number of carbonyl (C=O) groups excluding carboxylic acids is 3. The molecule has 0 bridgehead atoms. The Balaban J connectivity index is 2.91. The molecule has 8 heteroatoms. The molecule has 26 heavy (non-hydrogen) atoms. The van der Waals surface area contributed by atoms with E-state index in [1.807, 2.05) is 6.92 Å². The first-order valence-electron chi connectivity index (χ1n) is 8.13. The van der Waals surface area contributed by atoms with Gasteiger partial charge in [-0.25, -0.2) is 9.59 Å². The number of hydrogen-bond donors (Lipinski definition) is 3. The molecule has 0 aliphatic heterocycles. The Hall–Kier alpha value is -2.61. The fraction of sp³-hybridized carbons (Fsp3) is 0.500. The summed E-state index contributed by atoms with van der Waals surface area (Å²) in [6.07, 6.45) is -0.604. The van der Waals surface area contributed by atoms with Crippen LogP contribution in [0.15, 0.2) is 18.2 Å². The molecule has 0 spiro atoms. The van der Waals surface area contributed by atoms with Gasteiger partial charge in [0.2, 0.25) is 0 Å². The van der Waals surface area contributed by atoms with E-state index in [-0.39, 0.29) is 12.1 Å². The van der Waals surface area contributed by atoms with Crippen LogP contribution in [0.3, 0.4) is 0 Å². The fourth-order valence-electron chi connectivity index (χ4n) is 2.13. The molecule has 0 fully saturated rings. The van der Waals surface area contributed by atoms with Crippen molar-refractivity contribution in [3.63, 3.8) is 0 Å². The predicted octanol–water partition coefficient (Wildman–Crippen LogP) is 1.28. The van der Waals surface area contributed by atoms with E-state index in [4.69, 9.17) is 4.74 Å². The summed E-state index contributed by atoms with van der Waals surface area (Å²) in [5.74, 6) is -1.31. The zero-order chi connectivity index (χ0) is 19.9. The number of alkyl carbamates (subject to hydrolysis) is 1. The summed E-state index contributed by atoms with van der Waals surface area (Å²) < 4.78 is 9.70. The average Bonchev–Trinajstić information content (AvgIpc) is 2.55. The molecule has 0 aliphatic rings. The van der Waals surface area contributed by atoms with Crippen molar-refractivity contribution in [1.29, 1.82) is 0 Å². The third kappa shape index (κ3) is 6.72. The van der Waals surface area contributed by atoms with Gasteiger partial charge < -0.3 is 25.2 Å². The van der Waals surface area contributed by atoms with Crippen LogP contribution in [0.5, 0.6) is 0 Å². The van der Waals surface area contributed by atoms with E-state index in [2.05, 4.69) is 15.4 Å². The van der Waals surface area contributed by atoms with Crippen molar-refractivity contribution in [3.05, 3.63) is 34.9 Å². The Morgan fingerprint density at radius 3 is 2.42 bits per heavy atom. The smallest absolute Gasteiger partial charge is 0.407 e. The largest absolute Gasteiger partial charge is 0.467 e. The van der Waals surface area contributed by atoms with Crippen LogP contribution in [0.2, 0.25) is 0 Å². The van der Waals surface area contributed by atoms with Crippen molar-refractivity contribution in [2.24, 2.45) is 0 Å². The molecule has 0 saturated heterocycles. The molecule has 8 nitrogen and oxygen atoms in total. The van der Waals surface area contributed by atoms with Crippen LogP contribution in [0.4, 0.5) is 4.79 Å². The second-order valence-corrected chi connectivity index (χ2v) is 6.75. The third-order valence-corrected chi connectivity index (χ3v) is 3.30. The van der Waals surface area contributed by atoms with Crippen LogP contribution in [0.1, 0.15) is 42.3 Å². The molecule has 0 heterocycles. The molecule has 0 radical (unpaired) electrons. The molecule has 0 aliphatic carbocycles. The van der Waals surface area contributed by atoms with Crippen molar-refractivity contribution >= 4 is 18.0 Å². The maximum atomic E-state index is 12.5. The number of rotatable bonds is 6. The Morgan fingerprint density at radius 1 is 1.23 bits per heavy atom. The average molecular weight is 366 g/mol. The number of hydrogen-bond acceptors (Lipinski definition) is 6. The van der Waals surface area contributed by atoms with Gasteiger partial charge >= 0.3 is 12.1 Å². The molecule has 0 saturated carbocycles. The minimum atomic E-state index is -1.17. The summed E-state index contributed by atoms with van der Waals surface area (Å²) in [5, 5.41) is 14.2. The fourth-order valence-corrected chi connectivity index (χ4v) is 2.13. The monoisotopic (exact) mass is 366 g/mol. The zero-order valence-corrected chi connectivity index (χ0v) is 15.7. The van der Waals surface area contributed by atoms with Crippen LogP contribution in [0.25, 0.3) is 0 Å². The molecule has 0 aromatic heterocycles. The molecular weight excluding hydrogens is 340 g/mol. The van der Waals surface area contributed by atoms with Crippen molar-refractivity contribution in [2.45, 2.75) is 45.9 Å². The summed E-state index contributed by atoms with van der Waals surface area (Å²) in [4.78, 5) is 35.8. The van der Waals surface area contributed by atoms with Gasteiger partial charge in [-0.05, 0) is 39.3 Å². The summed E-state index contributed by atoms with van der Waals surface area (Å²) in [6.45, 7) is 6.58. The number of amides is 2. The number of esters is 1. The summed E-state index contributed by atoms with van der Waals surface area (Å²) in [7, 11) is 1.17. The number of nitrogens with one attached hydrogen (secondary N) is 2. The van der Waals surface area contributed by atoms with Crippen LogP contribution in [-0.4, -0.2) is 48.4 Å². The van der Waals surface area contributed by atoms with Gasteiger partial charge in [0.25, 0.3) is 5.91 Å². The van der Waals surface area contributed by atoms with Gasteiger partial charge in [-0.1, -0.05) is 17.7 Å². The Kier molecular flexibility index (Phi) is 7.57. The maximum absolute atomic E-state index is 12.5. The number of methoxy groups -OCH3 is 1. The molecule has 1 rings (SSSR count). The standard InChI is InChI=1S/C18H26N2O6/c1-11-6-7-13(15(22)20-14(10-21)16(23)25-5)12(8-11)9-19-17(24)26-18(2,3)4/h6-8,14,21H,9-10H2,1-5H3,(H,19,24)(H,20,22). The highest BCUT2D eigenvalue weighted by Gasteiger charge is 2.23. The van der Waals surface area contributed by atoms with Gasteiger partial charge in [0, 0.05) is 12.1 Å². The number of aliphatic hydroxyl groups is 1. The summed E-state index contributed by atoms with van der Waals surface area (Å²) in [6, 6.07) is 3.90. The first kappa shape index (κ1) is 21.4. The highest BCUT2D eigenvalue weighted by atomic mass is 16.6. The third-order valence-electron chi connectivity index (χ3n) is 3.30. The number of carbonyl (C=O) groups is 3. The molecule has 144 valence electrons. The van der Waals surface area contributed by atoms with Crippen LogP contribution in [0, 0.1) is 6.92 Å². The normalized spacial score (nSPS) is 12.1. The summed E-state index contributed by atoms with van der Waals surface area (Å²) in [5.41, 5.74) is 1.09. The molecular formula is C18H26N2O6. The molecule has 3 N–H and O–H groups in total. The van der Waals surface area contributed by atoms with Gasteiger partial charge in [0.15, 0.2) is 6.04 Å². The first-order valence-corrected chi connectivity index (χ1v) is 8.13. The minimum Gasteiger partial charge on any atom is -0.467 e. The molecule has 2 amide bonds. The second-order valence-electron chi connectivity index (χ2n) is 6.75. The van der Waals surface area contributed by atoms with Crippen LogP contribution in [-0.2, 0) is 20.8 Å². The Labute approximate surface area is 152 Å². The second kappa shape index (κ2) is 9.19. The molecule has 1 unspecified atom stereocenters. The van der Waals surface area contributed by atoms with Crippen molar-refractivity contribution < 1.29 is 29.0 Å². The van der Waals surface area contributed by atoms with Crippen LogP contribution < -0.4 is 10.6 Å². The van der Waals surface area contributed by atoms with E-state index < -0.39 is 36.2 Å². The highest BCUT2D eigenvalue weighted by molar-refractivity contribution is 5.98. The Morgan fingerprint density at radius 2 is 1.88 bits per heavy atom. The van der Waals surface area contributed by atoms with E-state index in [0.29, 0.717) is 5.56 Å². The lowest BCUT2D eigenvalue weighted by molar-refractivity contribution is -0.143. The predicted molar refractivity (Wildman–Crippen MR) is 94.6 cm³/mol. The van der Waals surface area contributed by atoms with Gasteiger partial charge in [-0.15, -0.1) is 0 Å². The van der Waals surface area contributed by atoms with Crippen molar-refractivity contribution in [2.75, 3.05) is 13.7 Å². The van der Waals surface area contributed by atoms with Gasteiger partial charge in [-0.3, -0.25) is 4.79 Å². The SMILES string of the molecule is COC(=O)C(CO)NC(=O)c1ccc(C)cc1CNC(=O)OC(C)(C)C. The lowest BCUT2D eigenvalue weighted by Crippen LogP contribution is -2.44. The number of ether oxygens (including phenoxy) is 2. The number of aliphatic hydroxyl groups excluding tert-OH is 1.